The third kappa shape index (κ3) is 6.28. The van der Waals surface area contributed by atoms with Gasteiger partial charge in [0.1, 0.15) is 11.8 Å². The number of ketones is 1. The molecule has 0 aromatic heterocycles. The molecule has 0 rings (SSSR count). The lowest BCUT2D eigenvalue weighted by atomic mass is 10.1. The summed E-state index contributed by atoms with van der Waals surface area (Å²) in [4.78, 5) is 21.3. The number of carbonyl (C=O) groups is 2. The molecule has 0 spiro atoms. The van der Waals surface area contributed by atoms with E-state index in [9.17, 15) is 9.59 Å². The van der Waals surface area contributed by atoms with E-state index in [1.54, 1.807) is 0 Å². The maximum atomic E-state index is 10.7. The van der Waals surface area contributed by atoms with Crippen LogP contribution in [0.4, 0.5) is 0 Å². The van der Waals surface area contributed by atoms with Crippen LogP contribution in [0.1, 0.15) is 33.6 Å². The molecule has 4 heteroatoms. The van der Waals surface area contributed by atoms with Gasteiger partial charge in [0.15, 0.2) is 0 Å². The molecule has 13 heavy (non-hydrogen) atoms. The fraction of sp³-hybridized carbons (Fsp3) is 0.778. The van der Waals surface area contributed by atoms with Gasteiger partial charge in [0.2, 0.25) is 0 Å². The van der Waals surface area contributed by atoms with Gasteiger partial charge in [-0.05, 0) is 13.3 Å². The molecule has 0 heterocycles. The average molecular weight is 187 g/mol. The molecule has 0 amide bonds. The highest BCUT2D eigenvalue weighted by molar-refractivity contribution is 5.78. The Morgan fingerprint density at radius 1 is 1.38 bits per heavy atom. The minimum absolute atomic E-state index is 0.0248. The van der Waals surface area contributed by atoms with Crippen molar-refractivity contribution in [3.05, 3.63) is 0 Å². The second-order valence-electron chi connectivity index (χ2n) is 3.45. The normalized spacial score (nSPS) is 12.9. The summed E-state index contributed by atoms with van der Waals surface area (Å²) in [5, 5.41) is 11.6. The molecule has 0 aliphatic rings. The summed E-state index contributed by atoms with van der Waals surface area (Å²) < 4.78 is 0. The first-order chi connectivity index (χ1) is 5.93. The number of carbonyl (C=O) groups excluding carboxylic acids is 1. The number of rotatable bonds is 6. The van der Waals surface area contributed by atoms with E-state index in [0.717, 1.165) is 0 Å². The van der Waals surface area contributed by atoms with Crippen molar-refractivity contribution in [2.24, 2.45) is 0 Å². The quantitative estimate of drug-likeness (QED) is 0.645. The average Bonchev–Trinajstić information content (AvgIpc) is 1.96. The van der Waals surface area contributed by atoms with E-state index in [-0.39, 0.29) is 11.8 Å². The predicted octanol–water partition coefficient (Wildman–Crippen LogP) is 0.807. The first-order valence-electron chi connectivity index (χ1n) is 4.41. The molecule has 0 saturated carbocycles. The summed E-state index contributed by atoms with van der Waals surface area (Å²) in [6.45, 7) is 5.22. The van der Waals surface area contributed by atoms with Crippen LogP contribution in [0.2, 0.25) is 0 Å². The SMILES string of the molecule is CC(=O)CCC(NC(C)C)C(=O)O. The Bertz CT molecular complexity index is 189. The van der Waals surface area contributed by atoms with Crippen LogP contribution in [0, 0.1) is 0 Å². The van der Waals surface area contributed by atoms with E-state index in [1.807, 2.05) is 13.8 Å². The second kappa shape index (κ2) is 5.70. The third-order valence-electron chi connectivity index (χ3n) is 1.62. The van der Waals surface area contributed by atoms with Crippen LogP contribution < -0.4 is 5.32 Å². The minimum Gasteiger partial charge on any atom is -0.480 e. The van der Waals surface area contributed by atoms with Crippen LogP contribution in [0.3, 0.4) is 0 Å². The van der Waals surface area contributed by atoms with Gasteiger partial charge < -0.3 is 15.2 Å². The maximum absolute atomic E-state index is 10.7. The molecule has 76 valence electrons. The van der Waals surface area contributed by atoms with Crippen LogP contribution in [0.15, 0.2) is 0 Å². The van der Waals surface area contributed by atoms with Crippen LogP contribution in [0.5, 0.6) is 0 Å². The Morgan fingerprint density at radius 2 is 1.92 bits per heavy atom. The van der Waals surface area contributed by atoms with Gasteiger partial charge in [0, 0.05) is 12.5 Å². The topological polar surface area (TPSA) is 66.4 Å². The predicted molar refractivity (Wildman–Crippen MR) is 49.6 cm³/mol. The van der Waals surface area contributed by atoms with E-state index in [4.69, 9.17) is 5.11 Å². The Kier molecular flexibility index (Phi) is 5.30. The van der Waals surface area contributed by atoms with Crippen LogP contribution in [-0.2, 0) is 9.59 Å². The number of nitrogens with one attached hydrogen (secondary N) is 1. The monoisotopic (exact) mass is 187 g/mol. The molecular weight excluding hydrogens is 170 g/mol. The van der Waals surface area contributed by atoms with Gasteiger partial charge in [-0.15, -0.1) is 0 Å². The van der Waals surface area contributed by atoms with Crippen molar-refractivity contribution in [2.45, 2.75) is 45.7 Å². The molecule has 1 unspecified atom stereocenters. The molecule has 0 aromatic carbocycles. The highest BCUT2D eigenvalue weighted by Gasteiger charge is 2.17. The summed E-state index contributed by atoms with van der Waals surface area (Å²) in [5.74, 6) is -0.869. The molecule has 0 radical (unpaired) electrons. The molecule has 4 nitrogen and oxygen atoms in total. The zero-order valence-corrected chi connectivity index (χ0v) is 8.33. The van der Waals surface area contributed by atoms with Crippen molar-refractivity contribution in [3.8, 4) is 0 Å². The molecule has 0 aromatic rings. The smallest absolute Gasteiger partial charge is 0.320 e. The van der Waals surface area contributed by atoms with Gasteiger partial charge in [0.05, 0.1) is 0 Å². The van der Waals surface area contributed by atoms with Crippen LogP contribution in [0.25, 0.3) is 0 Å². The Hall–Kier alpha value is -0.900. The highest BCUT2D eigenvalue weighted by Crippen LogP contribution is 1.99. The fourth-order valence-electron chi connectivity index (χ4n) is 1.03. The minimum atomic E-state index is -0.894. The van der Waals surface area contributed by atoms with Gasteiger partial charge in [-0.1, -0.05) is 13.8 Å². The van der Waals surface area contributed by atoms with Crippen molar-refractivity contribution in [3.63, 3.8) is 0 Å². The Balaban J connectivity index is 3.95. The summed E-state index contributed by atoms with van der Waals surface area (Å²) in [7, 11) is 0. The number of carboxylic acids is 1. The van der Waals surface area contributed by atoms with Crippen molar-refractivity contribution in [2.75, 3.05) is 0 Å². The molecule has 2 N–H and O–H groups in total. The van der Waals surface area contributed by atoms with Crippen LogP contribution >= 0.6 is 0 Å². The molecule has 0 fully saturated rings. The molecule has 0 bridgehead atoms. The van der Waals surface area contributed by atoms with E-state index in [0.29, 0.717) is 12.8 Å². The first-order valence-corrected chi connectivity index (χ1v) is 4.41. The first kappa shape index (κ1) is 12.1. The molecule has 1 atom stereocenters. The van der Waals surface area contributed by atoms with Gasteiger partial charge in [-0.3, -0.25) is 4.79 Å². The third-order valence-corrected chi connectivity index (χ3v) is 1.62. The van der Waals surface area contributed by atoms with Crippen molar-refractivity contribution in [1.29, 1.82) is 0 Å². The lowest BCUT2D eigenvalue weighted by Crippen LogP contribution is -2.41. The lowest BCUT2D eigenvalue weighted by molar-refractivity contribution is -0.139. The van der Waals surface area contributed by atoms with Crippen molar-refractivity contribution < 1.29 is 14.7 Å². The molecule has 0 saturated heterocycles. The highest BCUT2D eigenvalue weighted by atomic mass is 16.4. The summed E-state index contributed by atoms with van der Waals surface area (Å²) in [6.07, 6.45) is 0.680. The standard InChI is InChI=1S/C9H17NO3/c1-6(2)10-8(9(12)13)5-4-7(3)11/h6,8,10H,4-5H2,1-3H3,(H,12,13). The summed E-state index contributed by atoms with van der Waals surface area (Å²) in [5.41, 5.74) is 0. The number of carboxylic acid groups (broad SMARTS) is 1. The lowest BCUT2D eigenvalue weighted by Gasteiger charge is -2.16. The van der Waals surface area contributed by atoms with Crippen molar-refractivity contribution >= 4 is 11.8 Å². The number of hydrogen-bond donors (Lipinski definition) is 2. The largest absolute Gasteiger partial charge is 0.480 e. The van der Waals surface area contributed by atoms with E-state index in [1.165, 1.54) is 6.92 Å². The maximum Gasteiger partial charge on any atom is 0.320 e. The Morgan fingerprint density at radius 3 is 2.23 bits per heavy atom. The fourth-order valence-corrected chi connectivity index (χ4v) is 1.03. The molecular formula is C9H17NO3. The number of hydrogen-bond acceptors (Lipinski definition) is 3. The second-order valence-corrected chi connectivity index (χ2v) is 3.45. The summed E-state index contributed by atoms with van der Waals surface area (Å²) in [6, 6.07) is -0.489. The number of aliphatic carboxylic acids is 1. The van der Waals surface area contributed by atoms with E-state index < -0.39 is 12.0 Å². The van der Waals surface area contributed by atoms with Gasteiger partial charge >= 0.3 is 5.97 Å². The molecule has 0 aliphatic heterocycles. The Labute approximate surface area is 78.3 Å². The zero-order valence-electron chi connectivity index (χ0n) is 8.33. The zero-order chi connectivity index (χ0) is 10.4. The number of Topliss-reactive ketones (excluding diaryl/α,β-unsaturated/α-hetero) is 1. The van der Waals surface area contributed by atoms with Gasteiger partial charge in [-0.25, -0.2) is 0 Å². The van der Waals surface area contributed by atoms with Crippen molar-refractivity contribution in [1.82, 2.24) is 5.32 Å². The van der Waals surface area contributed by atoms with Crippen LogP contribution in [-0.4, -0.2) is 28.9 Å². The van der Waals surface area contributed by atoms with Gasteiger partial charge in [0.25, 0.3) is 0 Å². The molecule has 0 aliphatic carbocycles. The van der Waals surface area contributed by atoms with E-state index in [2.05, 4.69) is 5.32 Å². The van der Waals surface area contributed by atoms with Gasteiger partial charge in [-0.2, -0.15) is 0 Å². The summed E-state index contributed by atoms with van der Waals surface area (Å²) >= 11 is 0. The van der Waals surface area contributed by atoms with E-state index >= 15 is 0 Å².